The fourth-order valence-corrected chi connectivity index (χ4v) is 14.0. The summed E-state index contributed by atoms with van der Waals surface area (Å²) in [7, 11) is 0. The van der Waals surface area contributed by atoms with E-state index in [4.69, 9.17) is 57.5 Å². The minimum Gasteiger partial charge on any atom is -0.370 e. The number of hydrogen-bond donors (Lipinski definition) is 25. The van der Waals surface area contributed by atoms with E-state index in [0.29, 0.717) is 58.6 Å². The number of aromatic nitrogens is 2. The number of rotatable bonds is 62. The molecule has 0 spiro atoms. The molecule has 0 bridgehead atoms. The van der Waals surface area contributed by atoms with Crippen molar-refractivity contribution in [3.8, 4) is 12.3 Å². The van der Waals surface area contributed by atoms with Crippen LogP contribution in [0.2, 0.25) is 0 Å². The highest BCUT2D eigenvalue weighted by atomic mass is 16.2. The Morgan fingerprint density at radius 2 is 0.838 bits per heavy atom. The van der Waals surface area contributed by atoms with Crippen molar-refractivity contribution in [3.63, 3.8) is 0 Å². The van der Waals surface area contributed by atoms with E-state index in [0.717, 1.165) is 0 Å². The van der Waals surface area contributed by atoms with Gasteiger partial charge in [-0.1, -0.05) is 95.9 Å². The number of carbonyl (C=O) groups excluding carboxylic acids is 17. The zero-order valence-electron chi connectivity index (χ0n) is 74.8. The summed E-state index contributed by atoms with van der Waals surface area (Å²) in [4.78, 5) is 246. The monoisotopic (exact) mass is 1820 g/mol. The van der Waals surface area contributed by atoms with Gasteiger partial charge in [-0.25, -0.2) is 0 Å². The van der Waals surface area contributed by atoms with Crippen molar-refractivity contribution in [1.29, 1.82) is 5.41 Å². The molecule has 4 rings (SSSR count). The average molecular weight is 1820 g/mol. The maximum absolute atomic E-state index is 15.0. The predicted octanol–water partition coefficient (Wildman–Crippen LogP) is -3.38. The van der Waals surface area contributed by atoms with Gasteiger partial charge < -0.3 is 130 Å². The smallest absolute Gasteiger partial charge is 0.244 e. The van der Waals surface area contributed by atoms with E-state index in [1.807, 2.05) is 0 Å². The Bertz CT molecular complexity index is 4620. The predicted molar refractivity (Wildman–Crippen MR) is 483 cm³/mol. The number of unbranched alkanes of at least 4 members (excludes halogenated alkanes) is 3. The molecule has 0 radical (unpaired) electrons. The summed E-state index contributed by atoms with van der Waals surface area (Å²) in [5, 5.41) is 51.5. The van der Waals surface area contributed by atoms with Crippen molar-refractivity contribution < 1.29 is 81.5 Å². The number of hydrogen-bond acceptors (Lipinski definition) is 22. The molecule has 0 unspecified atom stereocenters. The summed E-state index contributed by atoms with van der Waals surface area (Å²) in [6, 6.07) is -4.71. The maximum atomic E-state index is 15.0. The fraction of sp³-hybridized carbons (Fsp3) is 0.576. The molecule has 2 aromatic carbocycles. The number of para-hydroxylation sites is 2. The van der Waals surface area contributed by atoms with Crippen molar-refractivity contribution in [2.45, 2.75) is 255 Å². The van der Waals surface area contributed by atoms with Crippen LogP contribution in [0.5, 0.6) is 0 Å². The first-order chi connectivity index (χ1) is 61.8. The topological polar surface area (TPSA) is 757 Å². The SMILES string of the molecule is C#CC[C@H](NC(C)=O)C(=O)N[C@@H](CCCNC(=N)N)C(=O)N[C@@H](Cc1c[nH]c2ccccc12)C(=O)N[C@H](C(=O)N[C@@H](CCCCN)C(=O)N[C@H](C(=O)N[C@@H](CC(N)=O)C(=O)NCC(=O)N[C@@H](CCCN)C(=O)N[C@@H](Cc1c[nH]c2ccccc12)C(=O)N[C@H](C(=O)N[C@@H](CCCCN)C(=O)N[C@@H](CCC(N)=O)C(=O)N[C@@H](CCCCN=[N+]=[N-])C(N)=O)[C@@H](C)CC)C(C)C)C(C)C. The highest BCUT2D eigenvalue weighted by Gasteiger charge is 2.40. The number of aromatic amines is 2. The van der Waals surface area contributed by atoms with E-state index in [9.17, 15) is 76.7 Å². The molecular weight excluding hydrogens is 1690 g/mol. The van der Waals surface area contributed by atoms with Crippen LogP contribution in [0.3, 0.4) is 0 Å². The van der Waals surface area contributed by atoms with Crippen molar-refractivity contribution in [2.75, 3.05) is 39.3 Å². The molecule has 0 saturated carbocycles. The van der Waals surface area contributed by atoms with Crippen LogP contribution in [0, 0.1) is 35.5 Å². The summed E-state index contributed by atoms with van der Waals surface area (Å²) in [6.45, 7) is 10.5. The minimum atomic E-state index is -1.81. The van der Waals surface area contributed by atoms with Gasteiger partial charge in [-0.05, 0) is 150 Å². The van der Waals surface area contributed by atoms with Gasteiger partial charge in [-0.3, -0.25) is 86.9 Å². The van der Waals surface area contributed by atoms with Gasteiger partial charge in [0.15, 0.2) is 5.96 Å². The molecule has 0 saturated heterocycles. The van der Waals surface area contributed by atoms with Crippen LogP contribution in [-0.4, -0.2) is 234 Å². The van der Waals surface area contributed by atoms with E-state index in [-0.39, 0.29) is 129 Å². The lowest BCUT2D eigenvalue weighted by Crippen LogP contribution is -2.61. The summed E-state index contributed by atoms with van der Waals surface area (Å²) >= 11 is 0. The molecule has 45 nitrogen and oxygen atoms in total. The van der Waals surface area contributed by atoms with E-state index >= 15 is 4.79 Å². The van der Waals surface area contributed by atoms with Gasteiger partial charge >= 0.3 is 0 Å². The average Bonchev–Trinajstić information content (AvgIpc) is 1.67. The van der Waals surface area contributed by atoms with Crippen molar-refractivity contribution in [3.05, 3.63) is 82.5 Å². The number of nitrogens with two attached hydrogens (primary N) is 7. The van der Waals surface area contributed by atoms with Crippen LogP contribution in [0.1, 0.15) is 175 Å². The van der Waals surface area contributed by atoms with Gasteiger partial charge in [0.1, 0.15) is 78.5 Å². The molecular formula is C85H132N28O17. The Kier molecular flexibility index (Phi) is 48.0. The second-order valence-electron chi connectivity index (χ2n) is 32.5. The standard InChI is InChI=1S/C85H132N28O17/c1-9-23-57(100-49(8)114)74(120)103-61(32-22-38-95-85(92)93)77(123)108-63(40-50-43-96-54-26-13-11-24-52(50)54)80(126)111-69(46(3)4)82(128)105-60(30-16-19-36-87)79(125)110-70(47(5)6)83(129)109-65(42-67(90)116)73(119)98-45-68(117)101-58(31-21-37-88)75(121)107-64(41-51-44-97-55-27-14-12-25-53(51)55)81(127)112-71(48(7)10-2)84(130)106-59(29-15-18-35-86)76(122)104-62(33-34-66(89)115)78(124)102-56(72(91)118)28-17-20-39-99-113-94/h1,11-14,24-27,43-44,46-48,56-65,69-71,96-97H,10,15-23,28-42,45,86-88H2,2-8H3,(H2,89,115)(H2,90,116)(H2,91,118)(H,98,119)(H,100,114)(H,101,117)(H,102,124)(H,103,120)(H,104,122)(H,105,128)(H,106,130)(H,107,121)(H,108,123)(H,109,129)(H,110,125)(H,111,126)(H,112,127)(H4,92,93,95)/t48-,56-,57-,58-,59-,60-,61-,62-,63-,64-,65-,69-,70-,71-/m0/s1. The quantitative estimate of drug-likeness (QED) is 0.00390. The first-order valence-electron chi connectivity index (χ1n) is 43.6. The lowest BCUT2D eigenvalue weighted by Gasteiger charge is -2.30. The molecule has 2 heterocycles. The van der Waals surface area contributed by atoms with Gasteiger partial charge in [0.2, 0.25) is 100 Å². The summed E-state index contributed by atoms with van der Waals surface area (Å²) < 4.78 is 0. The number of nitrogens with zero attached hydrogens (tertiary/aromatic N) is 3. The molecule has 45 heteroatoms. The van der Waals surface area contributed by atoms with Gasteiger partial charge in [0.25, 0.3) is 0 Å². The molecule has 714 valence electrons. The van der Waals surface area contributed by atoms with E-state index < -0.39 is 216 Å². The molecule has 0 aliphatic carbocycles. The Balaban J connectivity index is 1.59. The molecule has 4 aromatic rings. The fourth-order valence-electron chi connectivity index (χ4n) is 14.0. The highest BCUT2D eigenvalue weighted by molar-refractivity contribution is 6.02. The Morgan fingerprint density at radius 3 is 1.28 bits per heavy atom. The lowest BCUT2D eigenvalue weighted by atomic mass is 9.96. The normalized spacial score (nSPS) is 14.3. The third kappa shape index (κ3) is 37.8. The van der Waals surface area contributed by atoms with Gasteiger partial charge in [-0.15, -0.1) is 12.3 Å². The number of carbonyl (C=O) groups is 17. The van der Waals surface area contributed by atoms with E-state index in [2.05, 4.69) is 106 Å². The summed E-state index contributed by atoms with van der Waals surface area (Å²) in [6.07, 6.45) is 8.64. The minimum absolute atomic E-state index is 0.00204. The largest absolute Gasteiger partial charge is 0.370 e. The third-order valence-electron chi connectivity index (χ3n) is 21.4. The number of azide groups is 1. The molecule has 32 N–H and O–H groups in total. The Labute approximate surface area is 754 Å². The van der Waals surface area contributed by atoms with E-state index in [1.54, 1.807) is 102 Å². The zero-order valence-corrected chi connectivity index (χ0v) is 74.8. The number of amides is 17. The number of benzene rings is 2. The number of guanidine groups is 1. The van der Waals surface area contributed by atoms with Crippen molar-refractivity contribution >= 4 is 128 Å². The number of H-pyrrole nitrogens is 2. The molecule has 0 aliphatic rings. The molecule has 14 atom stereocenters. The van der Waals surface area contributed by atoms with Crippen LogP contribution >= 0.6 is 0 Å². The van der Waals surface area contributed by atoms with Crippen LogP contribution in [-0.2, 0) is 94.3 Å². The van der Waals surface area contributed by atoms with Crippen LogP contribution in [0.4, 0.5) is 0 Å². The number of nitrogens with one attached hydrogen (secondary N) is 18. The van der Waals surface area contributed by atoms with E-state index in [1.165, 1.54) is 6.92 Å². The van der Waals surface area contributed by atoms with Crippen LogP contribution < -0.4 is 120 Å². The van der Waals surface area contributed by atoms with Crippen LogP contribution in [0.15, 0.2) is 66.0 Å². The molecule has 130 heavy (non-hydrogen) atoms. The van der Waals surface area contributed by atoms with Crippen LogP contribution in [0.25, 0.3) is 32.2 Å². The number of fused-ring (bicyclic) bond motifs is 2. The maximum Gasteiger partial charge on any atom is 0.244 e. The number of primary amides is 3. The first-order valence-corrected chi connectivity index (χ1v) is 43.6. The molecule has 0 aliphatic heterocycles. The summed E-state index contributed by atoms with van der Waals surface area (Å²) in [5.41, 5.74) is 50.9. The van der Waals surface area contributed by atoms with Gasteiger partial charge in [0, 0.05) is 84.8 Å². The number of terminal acetylenes is 1. The second kappa shape index (κ2) is 57.4. The van der Waals surface area contributed by atoms with Gasteiger partial charge in [-0.2, -0.15) is 0 Å². The third-order valence-corrected chi connectivity index (χ3v) is 21.4. The van der Waals surface area contributed by atoms with Crippen molar-refractivity contribution in [2.24, 2.45) is 63.0 Å². The summed E-state index contributed by atoms with van der Waals surface area (Å²) in [5.74, 6) is -15.7. The zero-order chi connectivity index (χ0) is 96.7. The molecule has 2 aromatic heterocycles. The Morgan fingerprint density at radius 1 is 0.446 bits per heavy atom. The van der Waals surface area contributed by atoms with Crippen molar-refractivity contribution in [1.82, 2.24) is 89.7 Å². The lowest BCUT2D eigenvalue weighted by molar-refractivity contribution is -0.137. The first kappa shape index (κ1) is 109. The Hall–Kier alpha value is -13.5. The molecule has 17 amide bonds. The second-order valence-corrected chi connectivity index (χ2v) is 32.5. The highest BCUT2D eigenvalue weighted by Crippen LogP contribution is 2.23. The molecule has 0 fully saturated rings. The van der Waals surface area contributed by atoms with Gasteiger partial charge in [0.05, 0.1) is 13.0 Å².